The fourth-order valence-electron chi connectivity index (χ4n) is 2.37. The van der Waals surface area contributed by atoms with Crippen LogP contribution in [0.15, 0.2) is 60.8 Å². The Morgan fingerprint density at radius 2 is 2.03 bits per heavy atom. The number of hydrogen-bond acceptors (Lipinski definition) is 7. The molecule has 10 heteroatoms. The molecule has 0 spiro atoms. The molecule has 9 nitrogen and oxygen atoms in total. The highest BCUT2D eigenvalue weighted by Crippen LogP contribution is 2.41. The first-order valence-electron chi connectivity index (χ1n) is 8.85. The summed E-state index contributed by atoms with van der Waals surface area (Å²) in [6, 6.07) is 0. The monoisotopic (exact) mass is 430 g/mol. The van der Waals surface area contributed by atoms with Crippen molar-refractivity contribution in [3.8, 4) is 0 Å². The fraction of sp³-hybridized carbons (Fsp3) is 0.421. The van der Waals surface area contributed by atoms with Gasteiger partial charge in [0.1, 0.15) is 17.8 Å². The van der Waals surface area contributed by atoms with Crippen molar-refractivity contribution >= 4 is 13.8 Å². The van der Waals surface area contributed by atoms with Gasteiger partial charge in [0.15, 0.2) is 0 Å². The number of allylic oxidation sites excluding steroid dienone is 4. The average Bonchev–Trinajstić information content (AvgIpc) is 2.61. The summed E-state index contributed by atoms with van der Waals surface area (Å²) >= 11 is 0. The van der Waals surface area contributed by atoms with E-state index in [9.17, 15) is 19.6 Å². The molecule has 0 aromatic carbocycles. The summed E-state index contributed by atoms with van der Waals surface area (Å²) in [5.41, 5.74) is -1.87. The number of carbonyl (C=O) groups is 1. The maximum atomic E-state index is 11.3. The number of esters is 1. The Hall–Kier alpha value is -1.84. The molecule has 29 heavy (non-hydrogen) atoms. The van der Waals surface area contributed by atoms with Gasteiger partial charge < -0.3 is 29.8 Å². The average molecular weight is 430 g/mol. The molecule has 0 unspecified atom stereocenters. The van der Waals surface area contributed by atoms with E-state index in [1.165, 1.54) is 43.4 Å². The summed E-state index contributed by atoms with van der Waals surface area (Å²) in [7, 11) is -4.96. The molecule has 0 aromatic rings. The molecule has 0 radical (unpaired) electrons. The number of hydrogen-bond donors (Lipinski definition) is 5. The lowest BCUT2D eigenvalue weighted by Gasteiger charge is -2.31. The van der Waals surface area contributed by atoms with E-state index in [2.05, 4.69) is 4.52 Å². The van der Waals surface area contributed by atoms with Gasteiger partial charge in [0.05, 0.1) is 12.7 Å². The Kier molecular flexibility index (Phi) is 10.4. The highest BCUT2D eigenvalue weighted by atomic mass is 31.2. The second-order valence-electron chi connectivity index (χ2n) is 6.47. The van der Waals surface area contributed by atoms with Gasteiger partial charge >= 0.3 is 13.8 Å². The van der Waals surface area contributed by atoms with Gasteiger partial charge in [0.2, 0.25) is 0 Å². The van der Waals surface area contributed by atoms with Crippen molar-refractivity contribution in [1.82, 2.24) is 0 Å². The van der Waals surface area contributed by atoms with Crippen molar-refractivity contribution in [3.05, 3.63) is 60.8 Å². The third-order valence-corrected chi connectivity index (χ3v) is 4.35. The van der Waals surface area contributed by atoms with Crippen molar-refractivity contribution in [1.29, 1.82) is 0 Å². The molecule has 5 N–H and O–H groups in total. The zero-order valence-electron chi connectivity index (χ0n) is 15.9. The van der Waals surface area contributed by atoms with Gasteiger partial charge in [-0.1, -0.05) is 48.6 Å². The Morgan fingerprint density at radius 1 is 1.34 bits per heavy atom. The summed E-state index contributed by atoms with van der Waals surface area (Å²) < 4.78 is 21.0. The number of aliphatic hydroxyl groups excluding tert-OH is 2. The second-order valence-corrected chi connectivity index (χ2v) is 7.66. The molecule has 0 aromatic heterocycles. The van der Waals surface area contributed by atoms with Crippen LogP contribution in [0.5, 0.6) is 0 Å². The molecule has 1 rings (SSSR count). The van der Waals surface area contributed by atoms with Crippen molar-refractivity contribution in [2.75, 3.05) is 6.61 Å². The molecular weight excluding hydrogens is 403 g/mol. The van der Waals surface area contributed by atoms with E-state index in [4.69, 9.17) is 19.6 Å². The lowest BCUT2D eigenvalue weighted by atomic mass is 9.93. The van der Waals surface area contributed by atoms with Gasteiger partial charge in [0.25, 0.3) is 0 Å². The topological polar surface area (TPSA) is 154 Å². The standard InChI is InChI=1S/C19H27O9P/c1-19(23,12-11-16-9-7-10-18(22)27-16)17(28-29(24,25)26)14-15(21)8-5-3-2-4-6-13-20/h2-8,10-12,15-17,20-21,23H,9,13-14H2,1H3,(H2,24,25,26)/b3-2+,6-4+,8-5-,12-11-/t15-,16-,17-,19+/m1/s1. The van der Waals surface area contributed by atoms with Crippen LogP contribution in [0.3, 0.4) is 0 Å². The van der Waals surface area contributed by atoms with Crippen LogP contribution in [-0.4, -0.2) is 61.6 Å². The predicted molar refractivity (Wildman–Crippen MR) is 105 cm³/mol. The first-order chi connectivity index (χ1) is 13.5. The number of rotatable bonds is 11. The van der Waals surface area contributed by atoms with Gasteiger partial charge in [-0.2, -0.15) is 0 Å². The largest absolute Gasteiger partial charge is 0.469 e. The molecular formula is C19H27O9P. The molecule has 0 saturated carbocycles. The number of cyclic esters (lactones) is 1. The fourth-order valence-corrected chi connectivity index (χ4v) is 3.01. The SMILES string of the molecule is C[C@](O)(/C=C\[C@H]1CC=CC(=O)O1)[C@@H](C[C@H](O)\C=C/C=C/C=C/CO)OP(=O)(O)O. The molecule has 0 saturated heterocycles. The third-order valence-electron chi connectivity index (χ3n) is 3.82. The summed E-state index contributed by atoms with van der Waals surface area (Å²) in [6.45, 7) is 1.16. The lowest BCUT2D eigenvalue weighted by molar-refractivity contribution is -0.141. The minimum Gasteiger partial charge on any atom is -0.455 e. The lowest BCUT2D eigenvalue weighted by Crippen LogP contribution is -2.41. The van der Waals surface area contributed by atoms with Gasteiger partial charge in [0, 0.05) is 18.9 Å². The maximum absolute atomic E-state index is 11.3. The zero-order chi connectivity index (χ0) is 21.9. The van der Waals surface area contributed by atoms with E-state index in [1.807, 2.05) is 0 Å². The van der Waals surface area contributed by atoms with Crippen LogP contribution in [0.1, 0.15) is 19.8 Å². The van der Waals surface area contributed by atoms with E-state index in [0.29, 0.717) is 6.42 Å². The number of aliphatic hydroxyl groups is 3. The summed E-state index contributed by atoms with van der Waals surface area (Å²) in [5, 5.41) is 29.4. The van der Waals surface area contributed by atoms with Crippen LogP contribution in [0.2, 0.25) is 0 Å². The van der Waals surface area contributed by atoms with E-state index < -0.39 is 37.7 Å². The number of ether oxygens (including phenoxy) is 1. The number of phosphoric acid groups is 1. The van der Waals surface area contributed by atoms with Gasteiger partial charge in [-0.15, -0.1) is 0 Å². The van der Waals surface area contributed by atoms with Crippen LogP contribution in [0, 0.1) is 0 Å². The van der Waals surface area contributed by atoms with Crippen molar-refractivity contribution < 1.29 is 43.7 Å². The Bertz CT molecular complexity index is 715. The van der Waals surface area contributed by atoms with Gasteiger partial charge in [-0.05, 0) is 13.0 Å². The molecule has 1 heterocycles. The third kappa shape index (κ3) is 11.1. The molecule has 162 valence electrons. The quantitative estimate of drug-likeness (QED) is 0.140. The smallest absolute Gasteiger partial charge is 0.455 e. The van der Waals surface area contributed by atoms with Crippen molar-refractivity contribution in [2.24, 2.45) is 0 Å². The van der Waals surface area contributed by atoms with Crippen LogP contribution >= 0.6 is 7.82 Å². The highest BCUT2D eigenvalue weighted by Gasteiger charge is 2.37. The van der Waals surface area contributed by atoms with Gasteiger partial charge in [-0.25, -0.2) is 9.36 Å². The Balaban J connectivity index is 2.84. The predicted octanol–water partition coefficient (Wildman–Crippen LogP) is 1.06. The summed E-state index contributed by atoms with van der Waals surface area (Å²) in [5.74, 6) is -0.531. The molecule has 1 aliphatic heterocycles. The highest BCUT2D eigenvalue weighted by molar-refractivity contribution is 7.46. The van der Waals surface area contributed by atoms with Crippen LogP contribution in [-0.2, 0) is 18.6 Å². The minimum atomic E-state index is -4.96. The number of carbonyl (C=O) groups excluding carboxylic acids is 1. The van der Waals surface area contributed by atoms with Crippen LogP contribution in [0.25, 0.3) is 0 Å². The van der Waals surface area contributed by atoms with Crippen LogP contribution < -0.4 is 0 Å². The Labute approximate surface area is 169 Å². The van der Waals surface area contributed by atoms with E-state index >= 15 is 0 Å². The molecule has 1 aliphatic rings. The zero-order valence-corrected chi connectivity index (χ0v) is 16.8. The van der Waals surface area contributed by atoms with Crippen molar-refractivity contribution in [3.63, 3.8) is 0 Å². The van der Waals surface area contributed by atoms with Crippen LogP contribution in [0.4, 0.5) is 0 Å². The normalized spacial score (nSPS) is 22.6. The second kappa shape index (κ2) is 12.0. The first-order valence-corrected chi connectivity index (χ1v) is 10.4. The molecule has 4 atom stereocenters. The van der Waals surface area contributed by atoms with E-state index in [1.54, 1.807) is 24.3 Å². The molecule has 0 bridgehead atoms. The minimum absolute atomic E-state index is 0.100. The van der Waals surface area contributed by atoms with Crippen molar-refractivity contribution in [2.45, 2.75) is 43.7 Å². The first kappa shape index (κ1) is 25.2. The number of phosphoric ester groups is 1. The van der Waals surface area contributed by atoms with Gasteiger partial charge in [-0.3, -0.25) is 4.52 Å². The molecule has 0 amide bonds. The Morgan fingerprint density at radius 3 is 2.66 bits per heavy atom. The molecule has 0 aliphatic carbocycles. The summed E-state index contributed by atoms with van der Waals surface area (Å²) in [6.07, 6.45) is 11.5. The maximum Gasteiger partial charge on any atom is 0.469 e. The molecule has 0 fully saturated rings. The van der Waals surface area contributed by atoms with E-state index in [-0.39, 0.29) is 13.0 Å². The summed E-state index contributed by atoms with van der Waals surface area (Å²) in [4.78, 5) is 29.6. The van der Waals surface area contributed by atoms with E-state index in [0.717, 1.165) is 0 Å².